The molecule has 0 amide bonds. The molecular formula is C24H22N2O6S2. The molecule has 0 bridgehead atoms. The third-order valence-electron chi connectivity index (χ3n) is 5.67. The lowest BCUT2D eigenvalue weighted by molar-refractivity contribution is -0.385. The van der Waals surface area contributed by atoms with Crippen LogP contribution in [0, 0.1) is 30.9 Å². The summed E-state index contributed by atoms with van der Waals surface area (Å²) >= 11 is 0. The first-order valence-corrected chi connectivity index (χ1v) is 13.4. The normalized spacial score (nSPS) is 12.2. The van der Waals surface area contributed by atoms with Gasteiger partial charge < -0.3 is 0 Å². The van der Waals surface area contributed by atoms with E-state index in [1.165, 1.54) is 36.4 Å². The molecule has 0 aliphatic heterocycles. The fourth-order valence-electron chi connectivity index (χ4n) is 3.91. The Kier molecular flexibility index (Phi) is 5.82. The van der Waals surface area contributed by atoms with Gasteiger partial charge in [-0.2, -0.15) is 0 Å². The van der Waals surface area contributed by atoms with E-state index in [0.717, 1.165) is 21.2 Å². The van der Waals surface area contributed by atoms with Gasteiger partial charge in [0.2, 0.25) is 0 Å². The van der Waals surface area contributed by atoms with Gasteiger partial charge in [-0.15, -0.1) is 0 Å². The van der Waals surface area contributed by atoms with Gasteiger partial charge in [-0.1, -0.05) is 35.4 Å². The van der Waals surface area contributed by atoms with Crippen LogP contribution in [0.2, 0.25) is 0 Å². The highest BCUT2D eigenvalue weighted by atomic mass is 32.2. The van der Waals surface area contributed by atoms with Crippen molar-refractivity contribution in [3.05, 3.63) is 99.2 Å². The van der Waals surface area contributed by atoms with Gasteiger partial charge >= 0.3 is 0 Å². The van der Waals surface area contributed by atoms with Gasteiger partial charge in [-0.25, -0.2) is 20.8 Å². The van der Waals surface area contributed by atoms with Crippen molar-refractivity contribution in [2.75, 3.05) is 0 Å². The van der Waals surface area contributed by atoms with Crippen LogP contribution in [0.5, 0.6) is 0 Å². The number of benzene rings is 3. The van der Waals surface area contributed by atoms with Crippen molar-refractivity contribution >= 4 is 36.5 Å². The molecule has 0 saturated heterocycles. The Morgan fingerprint density at radius 1 is 0.794 bits per heavy atom. The summed E-state index contributed by atoms with van der Waals surface area (Å²) < 4.78 is 54.2. The number of aryl methyl sites for hydroxylation is 3. The summed E-state index contributed by atoms with van der Waals surface area (Å²) in [7, 11) is -7.96. The van der Waals surface area contributed by atoms with Gasteiger partial charge in [0, 0.05) is 17.1 Å². The second-order valence-corrected chi connectivity index (χ2v) is 12.0. The van der Waals surface area contributed by atoms with Crippen molar-refractivity contribution in [3.8, 4) is 0 Å². The number of rotatable bonds is 6. The first kappa shape index (κ1) is 23.7. The van der Waals surface area contributed by atoms with E-state index < -0.39 is 30.5 Å². The smallest absolute Gasteiger partial charge is 0.258 e. The Morgan fingerprint density at radius 3 is 1.85 bits per heavy atom. The number of hydrogen-bond acceptors (Lipinski definition) is 6. The van der Waals surface area contributed by atoms with E-state index in [1.807, 2.05) is 13.8 Å². The molecule has 0 aliphatic rings. The minimum atomic E-state index is -4.02. The number of fused-ring (bicyclic) bond motifs is 1. The highest BCUT2D eigenvalue weighted by Gasteiger charge is 2.29. The largest absolute Gasteiger partial charge is 0.274 e. The zero-order valence-electron chi connectivity index (χ0n) is 18.7. The van der Waals surface area contributed by atoms with Crippen molar-refractivity contribution < 1.29 is 21.8 Å². The minimum absolute atomic E-state index is 0.0350. The maximum absolute atomic E-state index is 13.4. The summed E-state index contributed by atoms with van der Waals surface area (Å²) in [6.45, 7) is 5.23. The van der Waals surface area contributed by atoms with Crippen LogP contribution >= 0.6 is 0 Å². The van der Waals surface area contributed by atoms with E-state index in [9.17, 15) is 26.9 Å². The van der Waals surface area contributed by atoms with Gasteiger partial charge in [0.25, 0.3) is 15.7 Å². The molecule has 0 spiro atoms. The molecule has 0 radical (unpaired) electrons. The monoisotopic (exact) mass is 498 g/mol. The quantitative estimate of drug-likeness (QED) is 0.281. The number of aromatic nitrogens is 1. The Balaban J connectivity index is 1.94. The molecule has 176 valence electrons. The molecule has 34 heavy (non-hydrogen) atoms. The Morgan fingerprint density at radius 2 is 1.32 bits per heavy atom. The van der Waals surface area contributed by atoms with Crippen LogP contribution in [-0.4, -0.2) is 25.7 Å². The van der Waals surface area contributed by atoms with Crippen LogP contribution in [0.1, 0.15) is 22.4 Å². The topological polar surface area (TPSA) is 116 Å². The summed E-state index contributed by atoms with van der Waals surface area (Å²) in [6.07, 6.45) is 0. The summed E-state index contributed by atoms with van der Waals surface area (Å²) in [5, 5.41) is 12.0. The molecule has 0 aliphatic carbocycles. The summed E-state index contributed by atoms with van der Waals surface area (Å²) in [5.74, 6) is -0.641. The van der Waals surface area contributed by atoms with Gasteiger partial charge in [-0.05, 0) is 57.2 Å². The fraction of sp³-hybridized carbons (Fsp3) is 0.167. The highest BCUT2D eigenvalue weighted by molar-refractivity contribution is 7.90. The lowest BCUT2D eigenvalue weighted by Crippen LogP contribution is -2.14. The molecule has 4 aromatic rings. The predicted octanol–water partition coefficient (Wildman–Crippen LogP) is 4.69. The molecule has 0 N–H and O–H groups in total. The van der Waals surface area contributed by atoms with Crippen molar-refractivity contribution in [1.29, 1.82) is 0 Å². The number of nitrogens with zero attached hydrogens (tertiary/aromatic N) is 2. The second kappa shape index (κ2) is 8.37. The number of nitro groups is 1. The van der Waals surface area contributed by atoms with E-state index in [-0.39, 0.29) is 31.9 Å². The Labute approximate surface area is 197 Å². The van der Waals surface area contributed by atoms with Crippen LogP contribution < -0.4 is 0 Å². The standard InChI is InChI=1S/C24H22N2O6S2/c1-16-4-8-19(9-5-16)33(29,30)15-22-21-14-18(3)25(23(21)12-13-24(22)26(27)28)34(31,32)20-10-6-17(2)7-11-20/h4-14H,15H2,1-3H3. The molecule has 0 saturated carbocycles. The Bertz CT molecular complexity index is 1630. The van der Waals surface area contributed by atoms with Crippen LogP contribution in [-0.2, 0) is 25.6 Å². The van der Waals surface area contributed by atoms with Gasteiger partial charge in [0.05, 0.1) is 31.5 Å². The van der Waals surface area contributed by atoms with Crippen molar-refractivity contribution in [2.45, 2.75) is 36.3 Å². The summed E-state index contributed by atoms with van der Waals surface area (Å²) in [6, 6.07) is 16.5. The van der Waals surface area contributed by atoms with E-state index in [1.54, 1.807) is 31.2 Å². The first-order chi connectivity index (χ1) is 15.9. The van der Waals surface area contributed by atoms with Crippen molar-refractivity contribution in [3.63, 3.8) is 0 Å². The molecule has 4 rings (SSSR count). The van der Waals surface area contributed by atoms with E-state index in [4.69, 9.17) is 0 Å². The van der Waals surface area contributed by atoms with Crippen LogP contribution in [0.4, 0.5) is 5.69 Å². The van der Waals surface area contributed by atoms with Crippen LogP contribution in [0.15, 0.2) is 76.5 Å². The Hall–Kier alpha value is -3.50. The van der Waals surface area contributed by atoms with E-state index in [2.05, 4.69) is 0 Å². The number of nitro benzene ring substituents is 1. The van der Waals surface area contributed by atoms with Crippen LogP contribution in [0.25, 0.3) is 10.9 Å². The first-order valence-electron chi connectivity index (χ1n) is 10.3. The van der Waals surface area contributed by atoms with Crippen molar-refractivity contribution in [2.24, 2.45) is 0 Å². The molecule has 10 heteroatoms. The fourth-order valence-corrected chi connectivity index (χ4v) is 6.85. The molecule has 8 nitrogen and oxygen atoms in total. The number of sulfone groups is 1. The van der Waals surface area contributed by atoms with Gasteiger partial charge in [0.15, 0.2) is 9.84 Å². The molecule has 0 atom stereocenters. The maximum Gasteiger partial charge on any atom is 0.274 e. The average Bonchev–Trinajstić information content (AvgIpc) is 3.11. The highest BCUT2D eigenvalue weighted by Crippen LogP contribution is 2.35. The molecule has 3 aromatic carbocycles. The third kappa shape index (κ3) is 4.10. The van der Waals surface area contributed by atoms with E-state index in [0.29, 0.717) is 5.69 Å². The minimum Gasteiger partial charge on any atom is -0.258 e. The zero-order valence-corrected chi connectivity index (χ0v) is 20.4. The third-order valence-corrected chi connectivity index (χ3v) is 9.16. The molecule has 1 aromatic heterocycles. The van der Waals surface area contributed by atoms with Gasteiger partial charge in [-0.3, -0.25) is 10.1 Å². The zero-order chi connectivity index (χ0) is 24.8. The lowest BCUT2D eigenvalue weighted by atomic mass is 10.1. The van der Waals surface area contributed by atoms with Crippen LogP contribution in [0.3, 0.4) is 0 Å². The molecular weight excluding hydrogens is 476 g/mol. The maximum atomic E-state index is 13.4. The number of hydrogen-bond donors (Lipinski definition) is 0. The molecule has 1 heterocycles. The second-order valence-electron chi connectivity index (χ2n) is 8.19. The average molecular weight is 499 g/mol. The van der Waals surface area contributed by atoms with Gasteiger partial charge in [0.1, 0.15) is 0 Å². The van der Waals surface area contributed by atoms with Crippen molar-refractivity contribution in [1.82, 2.24) is 3.97 Å². The summed E-state index contributed by atoms with van der Waals surface area (Å²) in [5.41, 5.74) is 1.83. The summed E-state index contributed by atoms with van der Waals surface area (Å²) in [4.78, 5) is 11.2. The molecule has 0 unspecified atom stereocenters. The molecule has 0 fully saturated rings. The SMILES string of the molecule is Cc1ccc(S(=O)(=O)Cc2c([N+](=O)[O-])ccc3c2cc(C)n3S(=O)(=O)c2ccc(C)cc2)cc1. The van der Waals surface area contributed by atoms with E-state index >= 15 is 0 Å². The lowest BCUT2D eigenvalue weighted by Gasteiger charge is -2.11. The predicted molar refractivity (Wildman–Crippen MR) is 129 cm³/mol.